The van der Waals surface area contributed by atoms with E-state index in [2.05, 4.69) is 27.2 Å². The molecule has 2 aromatic rings. The molecule has 1 atom stereocenters. The largest absolute Gasteiger partial charge is 0.369 e. The summed E-state index contributed by atoms with van der Waals surface area (Å²) in [5, 5.41) is 8.40. The normalized spacial score (nSPS) is 18.8. The van der Waals surface area contributed by atoms with Gasteiger partial charge in [-0.3, -0.25) is 9.69 Å². The molecular weight excluding hydrogens is 400 g/mol. The third kappa shape index (κ3) is 5.19. The van der Waals surface area contributed by atoms with Crippen LogP contribution in [0.2, 0.25) is 0 Å². The van der Waals surface area contributed by atoms with Crippen molar-refractivity contribution >= 4 is 21.6 Å². The molecule has 2 fully saturated rings. The molecule has 1 saturated heterocycles. The van der Waals surface area contributed by atoms with Crippen LogP contribution in [0.1, 0.15) is 24.4 Å². The molecule has 4 rings (SSSR count). The predicted octanol–water partition coefficient (Wildman–Crippen LogP) is 1.72. The summed E-state index contributed by atoms with van der Waals surface area (Å²) in [6.07, 6.45) is 2.34. The molecule has 0 bridgehead atoms. The Bertz CT molecular complexity index is 967. The van der Waals surface area contributed by atoms with Crippen molar-refractivity contribution in [1.29, 1.82) is 0 Å². The summed E-state index contributed by atoms with van der Waals surface area (Å²) in [6, 6.07) is 16.9. The number of piperazine rings is 1. The Kier molecular flexibility index (Phi) is 6.08. The van der Waals surface area contributed by atoms with Crippen LogP contribution in [0.25, 0.3) is 0 Å². The topological polar surface area (TPSA) is 95.7 Å². The minimum absolute atomic E-state index is 0.0710. The number of nitrogens with one attached hydrogen (secondary N) is 1. The molecule has 1 saturated carbocycles. The van der Waals surface area contributed by atoms with Crippen LogP contribution in [0.5, 0.6) is 0 Å². The molecule has 1 heterocycles. The van der Waals surface area contributed by atoms with Crippen molar-refractivity contribution in [1.82, 2.24) is 10.2 Å². The Morgan fingerprint density at radius 3 is 2.20 bits per heavy atom. The number of primary sulfonamides is 1. The maximum atomic E-state index is 12.7. The fourth-order valence-electron chi connectivity index (χ4n) is 4.00. The van der Waals surface area contributed by atoms with Gasteiger partial charge in [0.05, 0.1) is 17.5 Å². The highest BCUT2D eigenvalue weighted by Crippen LogP contribution is 2.40. The van der Waals surface area contributed by atoms with Gasteiger partial charge in [-0.1, -0.05) is 30.3 Å². The Morgan fingerprint density at radius 1 is 1.00 bits per heavy atom. The number of sulfonamides is 1. The molecule has 2 aliphatic rings. The van der Waals surface area contributed by atoms with Gasteiger partial charge in [0.25, 0.3) is 0 Å². The average molecular weight is 429 g/mol. The van der Waals surface area contributed by atoms with Crippen LogP contribution in [0.4, 0.5) is 5.69 Å². The fourth-order valence-corrected chi connectivity index (χ4v) is 4.51. The van der Waals surface area contributed by atoms with Crippen LogP contribution in [0.15, 0.2) is 59.5 Å². The van der Waals surface area contributed by atoms with E-state index in [-0.39, 0.29) is 16.8 Å². The van der Waals surface area contributed by atoms with E-state index in [4.69, 9.17) is 5.14 Å². The second-order valence-corrected chi connectivity index (χ2v) is 9.66. The third-order valence-electron chi connectivity index (χ3n) is 5.84. The van der Waals surface area contributed by atoms with Crippen molar-refractivity contribution in [3.63, 3.8) is 0 Å². The average Bonchev–Trinajstić information content (AvgIpc) is 3.58. The number of hydrogen-bond acceptors (Lipinski definition) is 5. The van der Waals surface area contributed by atoms with E-state index in [0.717, 1.165) is 31.9 Å². The highest BCUT2D eigenvalue weighted by molar-refractivity contribution is 7.89. The summed E-state index contributed by atoms with van der Waals surface area (Å²) in [5.74, 6) is 0.621. The van der Waals surface area contributed by atoms with Gasteiger partial charge in [0.1, 0.15) is 0 Å². The maximum Gasteiger partial charge on any atom is 0.238 e. The lowest BCUT2D eigenvalue weighted by molar-refractivity contribution is -0.123. The van der Waals surface area contributed by atoms with E-state index >= 15 is 0 Å². The second-order valence-electron chi connectivity index (χ2n) is 8.10. The van der Waals surface area contributed by atoms with Crippen molar-refractivity contribution < 1.29 is 13.2 Å². The molecule has 2 aromatic carbocycles. The second kappa shape index (κ2) is 8.75. The minimum atomic E-state index is -3.68. The molecule has 0 spiro atoms. The Balaban J connectivity index is 1.28. The maximum absolute atomic E-state index is 12.7. The van der Waals surface area contributed by atoms with Gasteiger partial charge in [-0.25, -0.2) is 13.6 Å². The number of carbonyl (C=O) groups excluding carboxylic acids is 1. The highest BCUT2D eigenvalue weighted by Gasteiger charge is 2.33. The predicted molar refractivity (Wildman–Crippen MR) is 117 cm³/mol. The van der Waals surface area contributed by atoms with Crippen molar-refractivity contribution in [3.05, 3.63) is 60.2 Å². The molecule has 30 heavy (non-hydrogen) atoms. The Hall–Kier alpha value is -2.42. The molecule has 8 heteroatoms. The van der Waals surface area contributed by atoms with Gasteiger partial charge >= 0.3 is 0 Å². The lowest BCUT2D eigenvalue weighted by Crippen LogP contribution is -2.50. The molecule has 0 aromatic heterocycles. The summed E-state index contributed by atoms with van der Waals surface area (Å²) in [7, 11) is -3.68. The van der Waals surface area contributed by atoms with Crippen molar-refractivity contribution in [2.24, 2.45) is 11.1 Å². The first-order valence-corrected chi connectivity index (χ1v) is 11.9. The number of hydrogen-bond donors (Lipinski definition) is 2. The first kappa shape index (κ1) is 20.8. The highest BCUT2D eigenvalue weighted by atomic mass is 32.2. The fraction of sp³-hybridized carbons (Fsp3) is 0.409. The van der Waals surface area contributed by atoms with Gasteiger partial charge in [-0.2, -0.15) is 0 Å². The molecule has 3 N–H and O–H groups in total. The van der Waals surface area contributed by atoms with Crippen molar-refractivity contribution in [3.8, 4) is 0 Å². The number of carbonyl (C=O) groups is 1. The molecule has 1 amide bonds. The number of rotatable bonds is 7. The van der Waals surface area contributed by atoms with E-state index in [0.29, 0.717) is 12.5 Å². The summed E-state index contributed by atoms with van der Waals surface area (Å²) in [4.78, 5) is 17.1. The number of amides is 1. The number of nitrogens with two attached hydrogens (primary N) is 1. The van der Waals surface area contributed by atoms with E-state index in [1.165, 1.54) is 30.5 Å². The molecular formula is C22H28N4O3S. The van der Waals surface area contributed by atoms with Crippen LogP contribution >= 0.6 is 0 Å². The van der Waals surface area contributed by atoms with Crippen molar-refractivity contribution in [2.75, 3.05) is 37.6 Å². The van der Waals surface area contributed by atoms with Crippen LogP contribution in [0, 0.1) is 5.92 Å². The zero-order valence-electron chi connectivity index (χ0n) is 16.9. The number of nitrogens with zero attached hydrogens (tertiary/aromatic N) is 2. The summed E-state index contributed by atoms with van der Waals surface area (Å²) in [6.45, 7) is 3.53. The van der Waals surface area contributed by atoms with Crippen LogP contribution in [0.3, 0.4) is 0 Å². The minimum Gasteiger partial charge on any atom is -0.369 e. The quantitative estimate of drug-likeness (QED) is 0.700. The lowest BCUT2D eigenvalue weighted by atomic mass is 10.0. The van der Waals surface area contributed by atoms with Gasteiger partial charge < -0.3 is 10.2 Å². The molecule has 7 nitrogen and oxygen atoms in total. The third-order valence-corrected chi connectivity index (χ3v) is 6.77. The summed E-state index contributed by atoms with van der Waals surface area (Å²) >= 11 is 0. The Labute approximate surface area is 177 Å². The SMILES string of the molecule is NS(=O)(=O)c1ccc(N2CCN(CC(=O)NC(c3ccccc3)C3CC3)CC2)cc1. The summed E-state index contributed by atoms with van der Waals surface area (Å²) < 4.78 is 22.8. The van der Waals surface area contributed by atoms with E-state index in [1.54, 1.807) is 12.1 Å². The Morgan fingerprint density at radius 2 is 1.63 bits per heavy atom. The molecule has 0 radical (unpaired) electrons. The zero-order valence-corrected chi connectivity index (χ0v) is 17.7. The van der Waals surface area contributed by atoms with E-state index < -0.39 is 10.0 Å². The van der Waals surface area contributed by atoms with Crippen LogP contribution in [-0.4, -0.2) is 51.9 Å². The van der Waals surface area contributed by atoms with E-state index in [9.17, 15) is 13.2 Å². The van der Waals surface area contributed by atoms with E-state index in [1.807, 2.05) is 18.2 Å². The standard InChI is InChI=1S/C22H28N4O3S/c23-30(28,29)20-10-8-19(9-11-20)26-14-12-25(13-15-26)16-21(27)24-22(18-6-7-18)17-4-2-1-3-5-17/h1-5,8-11,18,22H,6-7,12-16H2,(H,24,27)(H2,23,28,29). The molecule has 1 aliphatic carbocycles. The molecule has 1 unspecified atom stereocenters. The monoisotopic (exact) mass is 428 g/mol. The van der Waals surface area contributed by atoms with Crippen LogP contribution in [-0.2, 0) is 14.8 Å². The van der Waals surface area contributed by atoms with Gasteiger partial charge in [-0.15, -0.1) is 0 Å². The zero-order chi connectivity index (χ0) is 21.1. The van der Waals surface area contributed by atoms with Crippen LogP contribution < -0.4 is 15.4 Å². The number of benzene rings is 2. The van der Waals surface area contributed by atoms with Gasteiger partial charge in [0, 0.05) is 31.9 Å². The first-order chi connectivity index (χ1) is 14.4. The van der Waals surface area contributed by atoms with Gasteiger partial charge in [0.15, 0.2) is 0 Å². The number of anilines is 1. The van der Waals surface area contributed by atoms with Crippen molar-refractivity contribution in [2.45, 2.75) is 23.8 Å². The van der Waals surface area contributed by atoms with Gasteiger partial charge in [-0.05, 0) is 48.6 Å². The first-order valence-electron chi connectivity index (χ1n) is 10.3. The molecule has 1 aliphatic heterocycles. The summed E-state index contributed by atoms with van der Waals surface area (Å²) in [5.41, 5.74) is 2.14. The molecule has 160 valence electrons. The lowest BCUT2D eigenvalue weighted by Gasteiger charge is -2.36. The smallest absolute Gasteiger partial charge is 0.238 e. The van der Waals surface area contributed by atoms with Gasteiger partial charge in [0.2, 0.25) is 15.9 Å².